The molecule has 2 fully saturated rings. The number of pyridine rings is 1. The maximum Gasteiger partial charge on any atom is 0.407 e. The van der Waals surface area contributed by atoms with Crippen molar-refractivity contribution in [1.82, 2.24) is 30.5 Å². The summed E-state index contributed by atoms with van der Waals surface area (Å²) < 4.78 is 19.0. The van der Waals surface area contributed by atoms with Crippen molar-refractivity contribution in [3.8, 4) is 11.4 Å². The molecule has 1 atom stereocenters. The monoisotopic (exact) mass is 574 g/mol. The predicted octanol–water partition coefficient (Wildman–Crippen LogP) is 4.74. The maximum absolute atomic E-state index is 13.8. The van der Waals surface area contributed by atoms with E-state index >= 15 is 0 Å². The zero-order valence-corrected chi connectivity index (χ0v) is 24.4. The molecule has 0 radical (unpaired) electrons. The molecule has 1 unspecified atom stereocenters. The predicted molar refractivity (Wildman–Crippen MR) is 162 cm³/mol. The van der Waals surface area contributed by atoms with Crippen LogP contribution in [0.15, 0.2) is 54.7 Å². The lowest BCUT2D eigenvalue weighted by molar-refractivity contribution is 0.0527. The number of likely N-dealkylation sites (tertiary alicyclic amines) is 1. The van der Waals surface area contributed by atoms with Crippen LogP contribution in [0.1, 0.15) is 51.0 Å². The highest BCUT2D eigenvalue weighted by Crippen LogP contribution is 2.32. The number of hydrogen-bond donors (Lipinski definition) is 4. The Balaban J connectivity index is 1.11. The third kappa shape index (κ3) is 7.52. The fourth-order valence-corrected chi connectivity index (χ4v) is 5.22. The van der Waals surface area contributed by atoms with Gasteiger partial charge >= 0.3 is 6.09 Å². The molecule has 4 N–H and O–H groups in total. The van der Waals surface area contributed by atoms with Gasteiger partial charge in [0, 0.05) is 38.8 Å². The second-order valence-electron chi connectivity index (χ2n) is 11.7. The SMILES string of the molecule is CC(C)(C)OC(=O)NCCNC1CN(c2cccc(-c3cnc(/C=C\C(=N)N4CCCC4c4cccc(F)c4)[nH]3)n2)C1. The van der Waals surface area contributed by atoms with Crippen LogP contribution in [0.4, 0.5) is 15.0 Å². The van der Waals surface area contributed by atoms with Crippen molar-refractivity contribution < 1.29 is 13.9 Å². The molecule has 1 aromatic carbocycles. The first-order valence-corrected chi connectivity index (χ1v) is 14.4. The molecule has 0 aliphatic carbocycles. The number of aromatic nitrogens is 3. The Labute approximate surface area is 245 Å². The van der Waals surface area contributed by atoms with Crippen LogP contribution in [0.2, 0.25) is 0 Å². The number of nitrogens with zero attached hydrogens (tertiary/aromatic N) is 4. The van der Waals surface area contributed by atoms with Crippen LogP contribution in [-0.2, 0) is 4.74 Å². The smallest absolute Gasteiger partial charge is 0.407 e. The summed E-state index contributed by atoms with van der Waals surface area (Å²) in [6.07, 6.45) is 6.73. The first kappa shape index (κ1) is 29.2. The number of aromatic amines is 1. The topological polar surface area (TPSA) is 122 Å². The summed E-state index contributed by atoms with van der Waals surface area (Å²) in [5, 5.41) is 14.8. The van der Waals surface area contributed by atoms with Gasteiger partial charge < -0.3 is 30.2 Å². The zero-order valence-electron chi connectivity index (χ0n) is 24.4. The van der Waals surface area contributed by atoms with Crippen LogP contribution in [0.3, 0.4) is 0 Å². The molecule has 10 nitrogen and oxygen atoms in total. The minimum atomic E-state index is -0.504. The van der Waals surface area contributed by atoms with E-state index in [1.165, 1.54) is 6.07 Å². The van der Waals surface area contributed by atoms with E-state index in [9.17, 15) is 9.18 Å². The van der Waals surface area contributed by atoms with Gasteiger partial charge in [0.25, 0.3) is 0 Å². The van der Waals surface area contributed by atoms with Crippen molar-refractivity contribution in [2.24, 2.45) is 0 Å². The Bertz CT molecular complexity index is 1430. The van der Waals surface area contributed by atoms with E-state index in [-0.39, 0.29) is 11.9 Å². The van der Waals surface area contributed by atoms with Gasteiger partial charge in [-0.25, -0.2) is 19.2 Å². The quantitative estimate of drug-likeness (QED) is 0.165. The summed E-state index contributed by atoms with van der Waals surface area (Å²) in [6, 6.07) is 12.9. The van der Waals surface area contributed by atoms with E-state index in [0.717, 1.165) is 55.2 Å². The van der Waals surface area contributed by atoms with Crippen LogP contribution in [-0.4, -0.2) is 76.1 Å². The van der Waals surface area contributed by atoms with Gasteiger partial charge in [-0.15, -0.1) is 0 Å². The van der Waals surface area contributed by atoms with E-state index < -0.39 is 11.7 Å². The fourth-order valence-electron chi connectivity index (χ4n) is 5.22. The van der Waals surface area contributed by atoms with Gasteiger partial charge in [0.1, 0.15) is 28.9 Å². The van der Waals surface area contributed by atoms with E-state index in [2.05, 4.69) is 25.5 Å². The summed E-state index contributed by atoms with van der Waals surface area (Å²) >= 11 is 0. The number of H-pyrrole nitrogens is 1. The average molecular weight is 575 g/mol. The number of anilines is 1. The molecule has 4 heterocycles. The van der Waals surface area contributed by atoms with Gasteiger partial charge in [-0.3, -0.25) is 5.41 Å². The lowest BCUT2D eigenvalue weighted by atomic mass is 10.0. The van der Waals surface area contributed by atoms with Crippen molar-refractivity contribution in [3.05, 3.63) is 71.9 Å². The lowest BCUT2D eigenvalue weighted by Crippen LogP contribution is -2.59. The molecule has 2 saturated heterocycles. The normalized spacial score (nSPS) is 17.5. The summed E-state index contributed by atoms with van der Waals surface area (Å²) in [4.78, 5) is 28.5. The summed E-state index contributed by atoms with van der Waals surface area (Å²) in [6.45, 7) is 9.11. The van der Waals surface area contributed by atoms with Crippen molar-refractivity contribution in [3.63, 3.8) is 0 Å². The third-order valence-electron chi connectivity index (χ3n) is 7.23. The molecule has 0 spiro atoms. The Hall–Kier alpha value is -4.25. The number of benzene rings is 1. The second-order valence-corrected chi connectivity index (χ2v) is 11.7. The van der Waals surface area contributed by atoms with Crippen LogP contribution in [0, 0.1) is 11.2 Å². The zero-order chi connectivity index (χ0) is 29.7. The Morgan fingerprint density at radius 2 is 2.02 bits per heavy atom. The number of ether oxygens (including phenoxy) is 1. The molecule has 11 heteroatoms. The van der Waals surface area contributed by atoms with Crippen LogP contribution in [0.25, 0.3) is 17.5 Å². The van der Waals surface area contributed by atoms with E-state index in [1.807, 2.05) is 49.9 Å². The number of rotatable bonds is 9. The van der Waals surface area contributed by atoms with Crippen molar-refractivity contribution in [2.45, 2.75) is 51.3 Å². The molecule has 2 aliphatic heterocycles. The van der Waals surface area contributed by atoms with Crippen LogP contribution in [0.5, 0.6) is 0 Å². The van der Waals surface area contributed by atoms with Gasteiger partial charge in [-0.1, -0.05) is 18.2 Å². The minimum Gasteiger partial charge on any atom is -0.444 e. The lowest BCUT2D eigenvalue weighted by Gasteiger charge is -2.40. The van der Waals surface area contributed by atoms with Crippen molar-refractivity contribution >= 4 is 23.8 Å². The Kier molecular flexibility index (Phi) is 8.86. The molecular formula is C31H39FN8O2. The molecule has 222 valence electrons. The van der Waals surface area contributed by atoms with Gasteiger partial charge in [-0.05, 0) is 75.6 Å². The fraction of sp³-hybridized carbons (Fsp3) is 0.419. The van der Waals surface area contributed by atoms with E-state index in [0.29, 0.717) is 30.8 Å². The number of carbonyl (C=O) groups excluding carboxylic acids is 1. The molecule has 1 amide bonds. The molecule has 0 bridgehead atoms. The number of nitrogens with one attached hydrogen (secondary N) is 4. The first-order valence-electron chi connectivity index (χ1n) is 14.4. The van der Waals surface area contributed by atoms with E-state index in [4.69, 9.17) is 15.1 Å². The van der Waals surface area contributed by atoms with Crippen LogP contribution < -0.4 is 15.5 Å². The first-order chi connectivity index (χ1) is 20.1. The van der Waals surface area contributed by atoms with E-state index in [1.54, 1.807) is 30.5 Å². The number of amidine groups is 1. The number of halogens is 1. The number of carbonyl (C=O) groups is 1. The summed E-state index contributed by atoms with van der Waals surface area (Å²) in [5.41, 5.74) is 1.98. The van der Waals surface area contributed by atoms with Gasteiger partial charge in [0.05, 0.1) is 23.6 Å². The standard InChI is InChI=1S/C31H39FN8O2/c1-31(2,3)42-30(41)35-15-14-34-23-19-39(20-23)29-11-5-9-24(38-29)25-18-36-28(37-25)13-12-27(33)40-16-6-10-26(40)21-7-4-8-22(32)17-21/h4-5,7-9,11-13,17-18,23,26,33-34H,6,10,14-16,19-20H2,1-3H3,(H,35,41)(H,36,37)/b13-12-,33-27?. The molecule has 2 aliphatic rings. The number of alkyl carbamates (subject to hydrolysis) is 1. The van der Waals surface area contributed by atoms with Gasteiger partial charge in [0.15, 0.2) is 0 Å². The highest BCUT2D eigenvalue weighted by atomic mass is 19.1. The average Bonchev–Trinajstić information content (AvgIpc) is 3.60. The molecule has 0 saturated carbocycles. The molecular weight excluding hydrogens is 535 g/mol. The number of hydrogen-bond acceptors (Lipinski definition) is 7. The third-order valence-corrected chi connectivity index (χ3v) is 7.23. The number of amides is 1. The molecule has 2 aromatic heterocycles. The summed E-state index contributed by atoms with van der Waals surface area (Å²) in [5.74, 6) is 1.65. The van der Waals surface area contributed by atoms with Crippen molar-refractivity contribution in [1.29, 1.82) is 5.41 Å². The minimum absolute atomic E-state index is 0.00200. The second kappa shape index (κ2) is 12.7. The molecule has 3 aromatic rings. The van der Waals surface area contributed by atoms with Crippen molar-refractivity contribution in [2.75, 3.05) is 37.6 Å². The van der Waals surface area contributed by atoms with Gasteiger partial charge in [0.2, 0.25) is 0 Å². The maximum atomic E-state index is 13.8. The molecule has 5 rings (SSSR count). The van der Waals surface area contributed by atoms with Crippen LogP contribution >= 0.6 is 0 Å². The van der Waals surface area contributed by atoms with Gasteiger partial charge in [-0.2, -0.15) is 0 Å². The summed E-state index contributed by atoms with van der Waals surface area (Å²) in [7, 11) is 0. The highest BCUT2D eigenvalue weighted by Gasteiger charge is 2.28. The Morgan fingerprint density at radius 3 is 2.81 bits per heavy atom. The Morgan fingerprint density at radius 1 is 1.21 bits per heavy atom. The highest BCUT2D eigenvalue weighted by molar-refractivity contribution is 5.94. The molecule has 42 heavy (non-hydrogen) atoms. The largest absolute Gasteiger partial charge is 0.444 e. The number of imidazole rings is 1.